The molecule has 0 unspecified atom stereocenters. The molecular formula is C8H5BrClNO3S. The van der Waals surface area contributed by atoms with E-state index in [9.17, 15) is 8.42 Å². The van der Waals surface area contributed by atoms with Gasteiger partial charge in [-0.3, -0.25) is 0 Å². The summed E-state index contributed by atoms with van der Waals surface area (Å²) in [6.45, 7) is 0. The van der Waals surface area contributed by atoms with Gasteiger partial charge in [0.15, 0.2) is 5.58 Å². The van der Waals surface area contributed by atoms with Gasteiger partial charge in [-0.2, -0.15) is 0 Å². The number of fused-ring (bicyclic) bond motifs is 1. The van der Waals surface area contributed by atoms with E-state index >= 15 is 0 Å². The van der Waals surface area contributed by atoms with Crippen LogP contribution in [0.2, 0.25) is 0 Å². The molecule has 2 aromatic rings. The average molecular weight is 311 g/mol. The number of halogens is 2. The topological polar surface area (TPSA) is 60.2 Å². The van der Waals surface area contributed by atoms with Crippen LogP contribution in [0.3, 0.4) is 0 Å². The summed E-state index contributed by atoms with van der Waals surface area (Å²) in [6.07, 6.45) is 0. The van der Waals surface area contributed by atoms with Gasteiger partial charge in [0.1, 0.15) is 5.69 Å². The van der Waals surface area contributed by atoms with Gasteiger partial charge in [-0.15, -0.1) is 0 Å². The van der Waals surface area contributed by atoms with E-state index in [1.54, 1.807) is 0 Å². The highest BCUT2D eigenvalue weighted by molar-refractivity contribution is 9.08. The van der Waals surface area contributed by atoms with Crippen LogP contribution < -0.4 is 0 Å². The molecule has 0 saturated carbocycles. The molecular weight excluding hydrogens is 306 g/mol. The number of aromatic nitrogens is 1. The lowest BCUT2D eigenvalue weighted by Crippen LogP contribution is -1.89. The molecule has 0 N–H and O–H groups in total. The third-order valence-corrected chi connectivity index (χ3v) is 3.81. The third kappa shape index (κ3) is 2.02. The van der Waals surface area contributed by atoms with Crippen molar-refractivity contribution in [2.75, 3.05) is 0 Å². The molecule has 0 amide bonds. The lowest BCUT2D eigenvalue weighted by atomic mass is 10.2. The Kier molecular flexibility index (Phi) is 2.74. The van der Waals surface area contributed by atoms with Gasteiger partial charge in [0, 0.05) is 21.4 Å². The molecule has 1 heterocycles. The van der Waals surface area contributed by atoms with Gasteiger partial charge in [0.05, 0.1) is 4.90 Å². The van der Waals surface area contributed by atoms with Crippen molar-refractivity contribution in [3.05, 3.63) is 23.9 Å². The first-order chi connectivity index (χ1) is 7.02. The zero-order valence-electron chi connectivity index (χ0n) is 7.28. The van der Waals surface area contributed by atoms with Crippen molar-refractivity contribution in [1.82, 2.24) is 5.16 Å². The molecule has 7 heteroatoms. The van der Waals surface area contributed by atoms with E-state index in [0.29, 0.717) is 22.0 Å². The number of rotatable bonds is 2. The molecule has 0 spiro atoms. The molecule has 4 nitrogen and oxygen atoms in total. The molecule has 15 heavy (non-hydrogen) atoms. The zero-order chi connectivity index (χ0) is 11.1. The number of nitrogens with zero attached hydrogens (tertiary/aromatic N) is 1. The van der Waals surface area contributed by atoms with Crippen molar-refractivity contribution in [2.24, 2.45) is 0 Å². The predicted molar refractivity (Wildman–Crippen MR) is 59.7 cm³/mol. The highest BCUT2D eigenvalue weighted by Crippen LogP contribution is 2.25. The molecule has 0 atom stereocenters. The first-order valence-electron chi connectivity index (χ1n) is 3.91. The van der Waals surface area contributed by atoms with Crippen molar-refractivity contribution in [3.8, 4) is 0 Å². The summed E-state index contributed by atoms with van der Waals surface area (Å²) in [4.78, 5) is 0.0436. The number of benzene rings is 1. The average Bonchev–Trinajstić information content (AvgIpc) is 2.57. The molecule has 0 saturated heterocycles. The van der Waals surface area contributed by atoms with Gasteiger partial charge in [-0.05, 0) is 18.2 Å². The standard InChI is InChI=1S/C8H5BrClNO3S/c9-4-7-6-3-5(15(10,12)13)1-2-8(6)14-11-7/h1-3H,4H2. The Morgan fingerprint density at radius 1 is 1.47 bits per heavy atom. The Balaban J connectivity index is 2.73. The van der Waals surface area contributed by atoms with Gasteiger partial charge >= 0.3 is 0 Å². The summed E-state index contributed by atoms with van der Waals surface area (Å²) < 4.78 is 27.2. The van der Waals surface area contributed by atoms with Crippen LogP contribution in [0.1, 0.15) is 5.69 Å². The van der Waals surface area contributed by atoms with Crippen molar-refractivity contribution in [3.63, 3.8) is 0 Å². The van der Waals surface area contributed by atoms with Crippen LogP contribution in [-0.4, -0.2) is 13.6 Å². The Hall–Kier alpha value is -0.590. The predicted octanol–water partition coefficient (Wildman–Crippen LogP) is 2.65. The van der Waals surface area contributed by atoms with E-state index in [0.717, 1.165) is 0 Å². The second-order valence-electron chi connectivity index (χ2n) is 2.86. The molecule has 0 fully saturated rings. The maximum absolute atomic E-state index is 11.1. The summed E-state index contributed by atoms with van der Waals surface area (Å²) in [5.41, 5.74) is 1.18. The minimum absolute atomic E-state index is 0.0436. The second kappa shape index (κ2) is 3.77. The van der Waals surface area contributed by atoms with Crippen LogP contribution in [-0.2, 0) is 14.4 Å². The van der Waals surface area contributed by atoms with E-state index in [-0.39, 0.29) is 4.90 Å². The van der Waals surface area contributed by atoms with Gasteiger partial charge in [0.2, 0.25) is 0 Å². The molecule has 0 aliphatic carbocycles. The lowest BCUT2D eigenvalue weighted by molar-refractivity contribution is 0.450. The number of hydrogen-bond donors (Lipinski definition) is 0. The maximum atomic E-state index is 11.1. The van der Waals surface area contributed by atoms with Crippen molar-refractivity contribution < 1.29 is 12.9 Å². The molecule has 1 aromatic heterocycles. The van der Waals surface area contributed by atoms with Crippen LogP contribution in [0.15, 0.2) is 27.6 Å². The zero-order valence-corrected chi connectivity index (χ0v) is 10.4. The van der Waals surface area contributed by atoms with E-state index in [1.807, 2.05) is 0 Å². The van der Waals surface area contributed by atoms with Crippen LogP contribution in [0.5, 0.6) is 0 Å². The first kappa shape index (κ1) is 10.9. The molecule has 0 aliphatic rings. The Morgan fingerprint density at radius 3 is 2.80 bits per heavy atom. The monoisotopic (exact) mass is 309 g/mol. The van der Waals surface area contributed by atoms with Crippen LogP contribution in [0, 0.1) is 0 Å². The minimum Gasteiger partial charge on any atom is -0.356 e. The molecule has 80 valence electrons. The van der Waals surface area contributed by atoms with E-state index in [1.165, 1.54) is 18.2 Å². The SMILES string of the molecule is O=S(=O)(Cl)c1ccc2onc(CBr)c2c1. The Labute approximate surface area is 98.7 Å². The van der Waals surface area contributed by atoms with Crippen LogP contribution in [0.25, 0.3) is 11.0 Å². The second-order valence-corrected chi connectivity index (χ2v) is 5.99. The number of alkyl halides is 1. The van der Waals surface area contributed by atoms with Crippen molar-refractivity contribution in [2.45, 2.75) is 10.2 Å². The Morgan fingerprint density at radius 2 is 2.20 bits per heavy atom. The normalized spacial score (nSPS) is 12.1. The molecule has 0 radical (unpaired) electrons. The van der Waals surface area contributed by atoms with Gasteiger partial charge < -0.3 is 4.52 Å². The van der Waals surface area contributed by atoms with E-state index in [4.69, 9.17) is 15.2 Å². The molecule has 1 aromatic carbocycles. The smallest absolute Gasteiger partial charge is 0.261 e. The summed E-state index contributed by atoms with van der Waals surface area (Å²) in [7, 11) is 1.52. The summed E-state index contributed by atoms with van der Waals surface area (Å²) in [5.74, 6) is 0. The fraction of sp³-hybridized carbons (Fsp3) is 0.125. The Bertz CT molecular complexity index is 607. The summed E-state index contributed by atoms with van der Waals surface area (Å²) in [5, 5.41) is 4.92. The van der Waals surface area contributed by atoms with Gasteiger partial charge in [0.25, 0.3) is 9.05 Å². The quantitative estimate of drug-likeness (QED) is 0.632. The van der Waals surface area contributed by atoms with Crippen molar-refractivity contribution >= 4 is 46.6 Å². The molecule has 0 bridgehead atoms. The summed E-state index contributed by atoms with van der Waals surface area (Å²) >= 11 is 3.23. The maximum Gasteiger partial charge on any atom is 0.261 e. The fourth-order valence-electron chi connectivity index (χ4n) is 1.22. The highest BCUT2D eigenvalue weighted by Gasteiger charge is 2.14. The highest BCUT2D eigenvalue weighted by atomic mass is 79.9. The molecule has 2 rings (SSSR count). The van der Waals surface area contributed by atoms with Crippen LogP contribution in [0.4, 0.5) is 0 Å². The number of hydrogen-bond acceptors (Lipinski definition) is 4. The molecule has 0 aliphatic heterocycles. The van der Waals surface area contributed by atoms with Crippen LogP contribution >= 0.6 is 26.6 Å². The lowest BCUT2D eigenvalue weighted by Gasteiger charge is -1.95. The fourth-order valence-corrected chi connectivity index (χ4v) is 2.40. The minimum atomic E-state index is -3.71. The van der Waals surface area contributed by atoms with Gasteiger partial charge in [-0.25, -0.2) is 8.42 Å². The summed E-state index contributed by atoms with van der Waals surface area (Å²) in [6, 6.07) is 4.36. The van der Waals surface area contributed by atoms with E-state index < -0.39 is 9.05 Å². The first-order valence-corrected chi connectivity index (χ1v) is 7.34. The van der Waals surface area contributed by atoms with Gasteiger partial charge in [-0.1, -0.05) is 21.1 Å². The van der Waals surface area contributed by atoms with Crippen molar-refractivity contribution in [1.29, 1.82) is 0 Å². The third-order valence-electron chi connectivity index (χ3n) is 1.92. The largest absolute Gasteiger partial charge is 0.356 e. The van der Waals surface area contributed by atoms with E-state index in [2.05, 4.69) is 21.1 Å².